The summed E-state index contributed by atoms with van der Waals surface area (Å²) in [6, 6.07) is 12.6. The van der Waals surface area contributed by atoms with E-state index in [1.807, 2.05) is 43.3 Å². The van der Waals surface area contributed by atoms with Gasteiger partial charge in [0.05, 0.1) is 12.4 Å². The molecule has 2 aromatic rings. The fourth-order valence-electron chi connectivity index (χ4n) is 6.29. The minimum atomic E-state index is -3.38. The van der Waals surface area contributed by atoms with Crippen molar-refractivity contribution in [2.45, 2.75) is 75.7 Å². The van der Waals surface area contributed by atoms with Crippen LogP contribution < -0.4 is 5.32 Å². The minimum Gasteiger partial charge on any atom is -0.480 e. The van der Waals surface area contributed by atoms with E-state index in [2.05, 4.69) is 22.0 Å². The molecule has 2 aromatic carbocycles. The molecular formula is C33H46N2O6S2. The Hall–Kier alpha value is -2.40. The van der Waals surface area contributed by atoms with Gasteiger partial charge in [0, 0.05) is 43.3 Å². The summed E-state index contributed by atoms with van der Waals surface area (Å²) < 4.78 is 28.9. The first-order chi connectivity index (χ1) is 20.5. The van der Waals surface area contributed by atoms with Gasteiger partial charge in [0.25, 0.3) is 5.91 Å². The Morgan fingerprint density at radius 3 is 2.53 bits per heavy atom. The van der Waals surface area contributed by atoms with E-state index < -0.39 is 27.8 Å². The van der Waals surface area contributed by atoms with Gasteiger partial charge < -0.3 is 15.2 Å². The Morgan fingerprint density at radius 1 is 1.12 bits per heavy atom. The van der Waals surface area contributed by atoms with Gasteiger partial charge in [-0.2, -0.15) is 11.8 Å². The minimum absolute atomic E-state index is 0.201. The molecule has 43 heavy (non-hydrogen) atoms. The number of amides is 1. The number of hydrogen-bond donors (Lipinski definition) is 2. The summed E-state index contributed by atoms with van der Waals surface area (Å²) in [5.41, 5.74) is 4.05. The van der Waals surface area contributed by atoms with E-state index in [1.165, 1.54) is 37.9 Å². The van der Waals surface area contributed by atoms with Crippen molar-refractivity contribution in [3.05, 3.63) is 59.2 Å². The number of aliphatic carboxylic acids is 1. The number of nitrogens with one attached hydrogen (secondary N) is 1. The summed E-state index contributed by atoms with van der Waals surface area (Å²) in [7, 11) is -1.62. The maximum Gasteiger partial charge on any atom is 0.326 e. The monoisotopic (exact) mass is 630 g/mol. The molecule has 2 aliphatic rings. The molecule has 1 aliphatic carbocycles. The summed E-state index contributed by atoms with van der Waals surface area (Å²) in [5, 5.41) is 12.8. The van der Waals surface area contributed by atoms with Crippen LogP contribution >= 0.6 is 11.8 Å². The molecule has 236 valence electrons. The van der Waals surface area contributed by atoms with Crippen molar-refractivity contribution >= 4 is 33.5 Å². The molecule has 1 saturated heterocycles. The smallest absolute Gasteiger partial charge is 0.326 e. The lowest BCUT2D eigenvalue weighted by atomic mass is 9.91. The molecule has 0 spiro atoms. The summed E-state index contributed by atoms with van der Waals surface area (Å²) in [6.07, 6.45) is 8.77. The number of nitrogens with zero attached hydrogens (tertiary/aromatic N) is 1. The van der Waals surface area contributed by atoms with Crippen LogP contribution in [0.15, 0.2) is 42.5 Å². The Bertz CT molecular complexity index is 1360. The highest BCUT2D eigenvalue weighted by molar-refractivity contribution is 7.99. The lowest BCUT2D eigenvalue weighted by Gasteiger charge is -2.25. The Labute approximate surface area is 260 Å². The lowest BCUT2D eigenvalue weighted by Crippen LogP contribution is -2.42. The fraction of sp³-hybridized carbons (Fsp3) is 0.576. The number of carbonyl (C=O) groups excluding carboxylic acids is 1. The van der Waals surface area contributed by atoms with E-state index in [0.717, 1.165) is 53.9 Å². The number of ether oxygens (including phenoxy) is 1. The van der Waals surface area contributed by atoms with Gasteiger partial charge >= 0.3 is 5.97 Å². The number of carboxylic acid groups (broad SMARTS) is 1. The second-order valence-electron chi connectivity index (χ2n) is 12.2. The van der Waals surface area contributed by atoms with E-state index in [1.54, 1.807) is 13.2 Å². The number of aryl methyl sites for hydroxylation is 1. The first-order valence-corrected chi connectivity index (χ1v) is 18.4. The number of hydrogen-bond acceptors (Lipinski definition) is 7. The van der Waals surface area contributed by atoms with Gasteiger partial charge in [-0.15, -0.1) is 0 Å². The van der Waals surface area contributed by atoms with Gasteiger partial charge in [-0.1, -0.05) is 49.6 Å². The highest BCUT2D eigenvalue weighted by Crippen LogP contribution is 2.35. The van der Waals surface area contributed by atoms with Gasteiger partial charge in [-0.3, -0.25) is 9.69 Å². The number of methoxy groups -OCH3 is 1. The molecule has 2 N–H and O–H groups in total. The summed E-state index contributed by atoms with van der Waals surface area (Å²) in [6.45, 7) is 4.38. The van der Waals surface area contributed by atoms with Crippen LogP contribution in [0.25, 0.3) is 11.1 Å². The normalized spacial score (nSPS) is 20.6. The molecule has 3 atom stereocenters. The molecule has 4 rings (SSSR count). The average molecular weight is 631 g/mol. The predicted octanol–water partition coefficient (Wildman–Crippen LogP) is 5.18. The van der Waals surface area contributed by atoms with Crippen LogP contribution in [0, 0.1) is 12.8 Å². The molecule has 1 unspecified atom stereocenters. The average Bonchev–Trinajstić information content (AvgIpc) is 3.35. The second-order valence-corrected chi connectivity index (χ2v) is 15.8. The van der Waals surface area contributed by atoms with Gasteiger partial charge in [-0.25, -0.2) is 13.2 Å². The third-order valence-electron chi connectivity index (χ3n) is 8.67. The molecule has 0 radical (unpaired) electrons. The Balaban J connectivity index is 1.54. The van der Waals surface area contributed by atoms with Gasteiger partial charge in [-0.05, 0) is 78.7 Å². The van der Waals surface area contributed by atoms with E-state index in [9.17, 15) is 23.1 Å². The topological polar surface area (TPSA) is 113 Å². The fourth-order valence-corrected chi connectivity index (χ4v) is 8.49. The highest BCUT2D eigenvalue weighted by atomic mass is 32.2. The Morgan fingerprint density at radius 2 is 1.86 bits per heavy atom. The molecule has 0 aromatic heterocycles. The van der Waals surface area contributed by atoms with Crippen LogP contribution in [-0.2, 0) is 25.9 Å². The number of benzene rings is 2. The highest BCUT2D eigenvalue weighted by Gasteiger charge is 2.33. The third-order valence-corrected chi connectivity index (χ3v) is 11.1. The van der Waals surface area contributed by atoms with Crippen LogP contribution in [0.4, 0.5) is 0 Å². The van der Waals surface area contributed by atoms with Crippen LogP contribution in [0.5, 0.6) is 0 Å². The molecule has 2 fully saturated rings. The van der Waals surface area contributed by atoms with Crippen molar-refractivity contribution in [1.82, 2.24) is 10.2 Å². The Kier molecular flexibility index (Phi) is 12.1. The lowest BCUT2D eigenvalue weighted by molar-refractivity contribution is -0.139. The molecule has 1 amide bonds. The molecule has 1 saturated carbocycles. The van der Waals surface area contributed by atoms with Crippen LogP contribution in [-0.4, -0.2) is 85.7 Å². The van der Waals surface area contributed by atoms with E-state index in [0.29, 0.717) is 23.5 Å². The quantitative estimate of drug-likeness (QED) is 0.294. The van der Waals surface area contributed by atoms with Crippen molar-refractivity contribution in [3.8, 4) is 11.1 Å². The summed E-state index contributed by atoms with van der Waals surface area (Å²) in [4.78, 5) is 27.8. The maximum atomic E-state index is 13.5. The number of carbonyl (C=O) groups is 2. The number of likely N-dealkylation sites (tertiary alicyclic amines) is 1. The first-order valence-electron chi connectivity index (χ1n) is 15.3. The summed E-state index contributed by atoms with van der Waals surface area (Å²) >= 11 is 2.12. The molecule has 10 heteroatoms. The van der Waals surface area contributed by atoms with Crippen molar-refractivity contribution in [2.24, 2.45) is 5.92 Å². The first kappa shape index (κ1) is 33.5. The SMILES string of the molecule is COCC1C[C@H](SCC2CCCCC2)CN1Cc1ccc(C(=O)N[C@@H](CCS(C)(=O)=O)C(=O)O)c(-c2ccccc2C)c1. The number of thioether (sulfide) groups is 1. The zero-order chi connectivity index (χ0) is 31.0. The van der Waals surface area contributed by atoms with Crippen molar-refractivity contribution in [2.75, 3.05) is 38.0 Å². The number of carboxylic acids is 1. The van der Waals surface area contributed by atoms with Crippen LogP contribution in [0.2, 0.25) is 0 Å². The molecule has 8 nitrogen and oxygen atoms in total. The van der Waals surface area contributed by atoms with Gasteiger partial charge in [0.1, 0.15) is 15.9 Å². The van der Waals surface area contributed by atoms with E-state index >= 15 is 0 Å². The van der Waals surface area contributed by atoms with E-state index in [4.69, 9.17) is 4.74 Å². The van der Waals surface area contributed by atoms with Gasteiger partial charge in [0.2, 0.25) is 0 Å². The standard InChI is InChI=1S/C33H46N2O6S2/c1-23-9-7-8-12-28(23)30-17-25(13-14-29(30)32(36)34-31(33(37)38)15-16-43(3,39)40)19-35-20-27(18-26(35)21-41-2)42-22-24-10-5-4-6-11-24/h7-9,12-14,17,24,26-27,31H,4-6,10-11,15-16,18-22H2,1-3H3,(H,34,36)(H,37,38)/t26?,27-,31-/m0/s1. The van der Waals surface area contributed by atoms with Crippen molar-refractivity contribution < 1.29 is 27.9 Å². The molecule has 1 heterocycles. The molecule has 0 bridgehead atoms. The second kappa shape index (κ2) is 15.5. The van der Waals surface area contributed by atoms with Crippen LogP contribution in [0.1, 0.15) is 66.4 Å². The summed E-state index contributed by atoms with van der Waals surface area (Å²) in [5.74, 6) is -0.0487. The van der Waals surface area contributed by atoms with Crippen molar-refractivity contribution in [3.63, 3.8) is 0 Å². The third kappa shape index (κ3) is 9.80. The largest absolute Gasteiger partial charge is 0.480 e. The molecule has 1 aliphatic heterocycles. The van der Waals surface area contributed by atoms with Gasteiger partial charge in [0.15, 0.2) is 0 Å². The zero-order valence-corrected chi connectivity index (χ0v) is 27.2. The number of rotatable bonds is 14. The number of sulfone groups is 1. The zero-order valence-electron chi connectivity index (χ0n) is 25.6. The van der Waals surface area contributed by atoms with Crippen molar-refractivity contribution in [1.29, 1.82) is 0 Å². The molecular weight excluding hydrogens is 585 g/mol. The van der Waals surface area contributed by atoms with Crippen LogP contribution in [0.3, 0.4) is 0 Å². The van der Waals surface area contributed by atoms with E-state index in [-0.39, 0.29) is 12.2 Å². The predicted molar refractivity (Wildman–Crippen MR) is 173 cm³/mol. The maximum absolute atomic E-state index is 13.5.